The van der Waals surface area contributed by atoms with Gasteiger partial charge in [-0.3, -0.25) is 9.59 Å². The van der Waals surface area contributed by atoms with Gasteiger partial charge in [-0.25, -0.2) is 4.39 Å². The van der Waals surface area contributed by atoms with Gasteiger partial charge in [-0.1, -0.05) is 35.9 Å². The molecule has 0 radical (unpaired) electrons. The average Bonchev–Trinajstić information content (AvgIpc) is 3.41. The average molecular weight is 460 g/mol. The maximum atomic E-state index is 13.6. The highest BCUT2D eigenvalue weighted by atomic mass is 19.1. The Bertz CT molecular complexity index is 1370. The highest BCUT2D eigenvalue weighted by Gasteiger charge is 2.32. The van der Waals surface area contributed by atoms with Gasteiger partial charge in [0, 0.05) is 36.6 Å². The molecule has 1 saturated heterocycles. The van der Waals surface area contributed by atoms with Crippen molar-refractivity contribution < 1.29 is 18.4 Å². The van der Waals surface area contributed by atoms with Crippen LogP contribution in [-0.4, -0.2) is 51.9 Å². The van der Waals surface area contributed by atoms with Crippen molar-refractivity contribution in [1.29, 1.82) is 0 Å². The lowest BCUT2D eigenvalue weighted by molar-refractivity contribution is 0.0409. The van der Waals surface area contributed by atoms with Gasteiger partial charge >= 0.3 is 0 Å². The molecule has 0 aliphatic carbocycles. The number of aromatic nitrogens is 1. The summed E-state index contributed by atoms with van der Waals surface area (Å²) in [6, 6.07) is 17.4. The van der Waals surface area contributed by atoms with E-state index in [2.05, 4.69) is 6.07 Å². The summed E-state index contributed by atoms with van der Waals surface area (Å²) < 4.78 is 21.2. The zero-order valence-corrected chi connectivity index (χ0v) is 19.2. The molecule has 0 spiro atoms. The lowest BCUT2D eigenvalue weighted by Crippen LogP contribution is -2.55. The molecule has 0 N–H and O–H groups in total. The first-order chi connectivity index (χ1) is 16.4. The van der Waals surface area contributed by atoms with Crippen LogP contribution in [0.3, 0.4) is 0 Å². The fourth-order valence-electron chi connectivity index (χ4n) is 4.70. The first-order valence-electron chi connectivity index (χ1n) is 11.4. The van der Waals surface area contributed by atoms with Crippen molar-refractivity contribution in [1.82, 2.24) is 14.4 Å². The number of aryl methyl sites for hydroxylation is 1. The second kappa shape index (κ2) is 8.82. The molecular weight excluding hydrogens is 433 g/mol. The second-order valence-electron chi connectivity index (χ2n) is 8.89. The van der Waals surface area contributed by atoms with Gasteiger partial charge < -0.3 is 18.8 Å². The van der Waals surface area contributed by atoms with Crippen molar-refractivity contribution >= 4 is 22.9 Å². The van der Waals surface area contributed by atoms with E-state index in [4.69, 9.17) is 4.42 Å². The molecule has 7 heteroatoms. The summed E-state index contributed by atoms with van der Waals surface area (Å²) in [4.78, 5) is 30.0. The predicted octanol–water partition coefficient (Wildman–Crippen LogP) is 4.72. The molecule has 1 aliphatic rings. The molecule has 3 heterocycles. The number of carbonyl (C=O) groups excluding carboxylic acids is 2. The fourth-order valence-corrected chi connectivity index (χ4v) is 4.70. The van der Waals surface area contributed by atoms with Crippen molar-refractivity contribution in [2.45, 2.75) is 26.4 Å². The number of piperazine rings is 1. The first kappa shape index (κ1) is 21.9. The highest BCUT2D eigenvalue weighted by Crippen LogP contribution is 2.25. The van der Waals surface area contributed by atoms with Crippen molar-refractivity contribution in [3.8, 4) is 0 Å². The molecule has 174 valence electrons. The Balaban J connectivity index is 1.37. The Kier molecular flexibility index (Phi) is 5.69. The van der Waals surface area contributed by atoms with Gasteiger partial charge in [0.05, 0.1) is 12.8 Å². The lowest BCUT2D eigenvalue weighted by atomic mass is 10.1. The van der Waals surface area contributed by atoms with Crippen LogP contribution in [0.4, 0.5) is 4.39 Å². The van der Waals surface area contributed by atoms with Crippen LogP contribution in [0.2, 0.25) is 0 Å². The molecular formula is C27H26FN3O3. The molecule has 2 amide bonds. The molecule has 2 aromatic carbocycles. The highest BCUT2D eigenvalue weighted by molar-refractivity contribution is 5.98. The molecule has 6 nitrogen and oxygen atoms in total. The molecule has 1 unspecified atom stereocenters. The molecule has 34 heavy (non-hydrogen) atoms. The maximum absolute atomic E-state index is 13.6. The third-order valence-electron chi connectivity index (χ3n) is 6.39. The van der Waals surface area contributed by atoms with E-state index >= 15 is 0 Å². The third-order valence-corrected chi connectivity index (χ3v) is 6.39. The van der Waals surface area contributed by atoms with Crippen LogP contribution in [0.1, 0.15) is 38.9 Å². The predicted molar refractivity (Wildman–Crippen MR) is 127 cm³/mol. The van der Waals surface area contributed by atoms with Gasteiger partial charge in [0.2, 0.25) is 5.71 Å². The van der Waals surface area contributed by atoms with E-state index in [9.17, 15) is 14.0 Å². The second-order valence-corrected chi connectivity index (χ2v) is 8.89. The number of benzene rings is 2. The van der Waals surface area contributed by atoms with Crippen LogP contribution < -0.4 is 0 Å². The standard InChI is InChI=1S/C27H26FN3O3/c1-18-5-3-6-20(13-18)17-31-24(15-22-9-12-34-27(22)31)26(33)29-10-11-30(19(2)16-29)25(32)21-7-4-8-23(28)14-21/h3-9,12-15,19H,10-11,16-17H2,1-2H3. The Labute approximate surface area is 197 Å². The van der Waals surface area contributed by atoms with Crippen molar-refractivity contribution in [3.63, 3.8) is 0 Å². The Morgan fingerprint density at radius 2 is 1.85 bits per heavy atom. The van der Waals surface area contributed by atoms with Crippen LogP contribution in [-0.2, 0) is 6.54 Å². The van der Waals surface area contributed by atoms with Crippen LogP contribution in [0, 0.1) is 12.7 Å². The van der Waals surface area contributed by atoms with E-state index < -0.39 is 5.82 Å². The normalized spacial score (nSPS) is 16.3. The minimum absolute atomic E-state index is 0.0937. The molecule has 0 saturated carbocycles. The monoisotopic (exact) mass is 459 g/mol. The Morgan fingerprint density at radius 1 is 1.03 bits per heavy atom. The van der Waals surface area contributed by atoms with Crippen LogP contribution >= 0.6 is 0 Å². The van der Waals surface area contributed by atoms with Gasteiger partial charge in [-0.05, 0) is 49.7 Å². The summed E-state index contributed by atoms with van der Waals surface area (Å²) in [5, 5.41) is 0.879. The SMILES string of the molecule is Cc1cccc(Cn2c(C(=O)N3CCN(C(=O)c4cccc(F)c4)C(C)C3)cc3ccoc32)c1. The first-order valence-corrected chi connectivity index (χ1v) is 11.4. The summed E-state index contributed by atoms with van der Waals surface area (Å²) in [6.07, 6.45) is 1.63. The van der Waals surface area contributed by atoms with Crippen molar-refractivity contribution in [2.75, 3.05) is 19.6 Å². The summed E-state index contributed by atoms with van der Waals surface area (Å²) in [5.41, 5.74) is 3.78. The maximum Gasteiger partial charge on any atom is 0.270 e. The van der Waals surface area contributed by atoms with E-state index in [1.165, 1.54) is 18.2 Å². The fraction of sp³-hybridized carbons (Fsp3) is 0.259. The molecule has 4 aromatic rings. The number of furan rings is 1. The van der Waals surface area contributed by atoms with Gasteiger partial charge in [0.25, 0.3) is 11.8 Å². The van der Waals surface area contributed by atoms with E-state index in [1.54, 1.807) is 22.1 Å². The number of rotatable bonds is 4. The third kappa shape index (κ3) is 4.09. The van der Waals surface area contributed by atoms with Crippen molar-refractivity contribution in [3.05, 3.63) is 95.1 Å². The number of carbonyl (C=O) groups is 2. The van der Waals surface area contributed by atoms with E-state index in [0.717, 1.165) is 16.5 Å². The zero-order chi connectivity index (χ0) is 23.8. The number of hydrogen-bond acceptors (Lipinski definition) is 3. The molecule has 1 fully saturated rings. The van der Waals surface area contributed by atoms with Gasteiger partial charge in [-0.2, -0.15) is 0 Å². The van der Waals surface area contributed by atoms with Gasteiger partial charge in [-0.15, -0.1) is 0 Å². The summed E-state index contributed by atoms with van der Waals surface area (Å²) in [7, 11) is 0. The topological polar surface area (TPSA) is 58.7 Å². The van der Waals surface area contributed by atoms with Gasteiger partial charge in [0.15, 0.2) is 0 Å². The van der Waals surface area contributed by atoms with Crippen molar-refractivity contribution in [2.24, 2.45) is 0 Å². The number of amides is 2. The molecule has 5 rings (SSSR count). The van der Waals surface area contributed by atoms with E-state index in [-0.39, 0.29) is 17.9 Å². The molecule has 1 aliphatic heterocycles. The zero-order valence-electron chi connectivity index (χ0n) is 19.2. The van der Waals surface area contributed by atoms with E-state index in [0.29, 0.717) is 43.1 Å². The Morgan fingerprint density at radius 3 is 2.62 bits per heavy atom. The van der Waals surface area contributed by atoms with E-state index in [1.807, 2.05) is 48.7 Å². The lowest BCUT2D eigenvalue weighted by Gasteiger charge is -2.40. The summed E-state index contributed by atoms with van der Waals surface area (Å²) in [5.74, 6) is -0.755. The molecule has 0 bridgehead atoms. The summed E-state index contributed by atoms with van der Waals surface area (Å²) in [6.45, 7) is 5.66. The van der Waals surface area contributed by atoms with Gasteiger partial charge in [0.1, 0.15) is 11.5 Å². The largest absolute Gasteiger partial charge is 0.448 e. The van der Waals surface area contributed by atoms with Crippen LogP contribution in [0.25, 0.3) is 11.1 Å². The minimum atomic E-state index is -0.439. The molecule has 1 atom stereocenters. The van der Waals surface area contributed by atoms with Crippen LogP contribution in [0.5, 0.6) is 0 Å². The van der Waals surface area contributed by atoms with Crippen LogP contribution in [0.15, 0.2) is 71.3 Å². The Hall–Kier alpha value is -3.87. The number of hydrogen-bond donors (Lipinski definition) is 0. The number of nitrogens with zero attached hydrogens (tertiary/aromatic N) is 3. The summed E-state index contributed by atoms with van der Waals surface area (Å²) >= 11 is 0. The number of halogens is 1. The molecule has 2 aromatic heterocycles. The minimum Gasteiger partial charge on any atom is -0.448 e. The smallest absolute Gasteiger partial charge is 0.270 e. The quantitative estimate of drug-likeness (QED) is 0.444. The number of fused-ring (bicyclic) bond motifs is 1.